The fourth-order valence-corrected chi connectivity index (χ4v) is 6.04. The zero-order chi connectivity index (χ0) is 24.0. The molecule has 34 heavy (non-hydrogen) atoms. The van der Waals surface area contributed by atoms with Crippen LogP contribution < -0.4 is 10.6 Å². The number of nitrogens with zero attached hydrogens (tertiary/aromatic N) is 3. The summed E-state index contributed by atoms with van der Waals surface area (Å²) in [7, 11) is 0. The van der Waals surface area contributed by atoms with E-state index >= 15 is 0 Å². The highest BCUT2D eigenvalue weighted by Gasteiger charge is 2.46. The van der Waals surface area contributed by atoms with Crippen molar-refractivity contribution < 1.29 is 18.0 Å². The zero-order valence-corrected chi connectivity index (χ0v) is 20.1. The minimum atomic E-state index is -4.54. The first kappa shape index (κ1) is 22.9. The number of hydrogen-bond donors (Lipinski definition) is 2. The van der Waals surface area contributed by atoms with Gasteiger partial charge in [0.2, 0.25) is 0 Å². The number of rotatable bonds is 3. The number of halogens is 4. The van der Waals surface area contributed by atoms with Crippen LogP contribution in [0.5, 0.6) is 0 Å². The molecule has 1 aromatic carbocycles. The van der Waals surface area contributed by atoms with Gasteiger partial charge in [-0.2, -0.15) is 23.5 Å². The lowest BCUT2D eigenvalue weighted by molar-refractivity contribution is -0.173. The Morgan fingerprint density at radius 1 is 1.26 bits per heavy atom. The largest absolute Gasteiger partial charge is 0.410 e. The molecule has 0 bridgehead atoms. The average Bonchev–Trinajstić information content (AvgIpc) is 3.39. The van der Waals surface area contributed by atoms with Gasteiger partial charge in [0.25, 0.3) is 5.91 Å². The SMILES string of the molecule is N#Cc1c(NC(=O)c2cc3n(n2)[C@@H](C(F)(F)F)C[C@@H](c2ccc(Br)cc2)N3)sc2c1CCCC2. The molecular weight excluding hydrogens is 531 g/mol. The van der Waals surface area contributed by atoms with Crippen LogP contribution in [0.4, 0.5) is 24.0 Å². The number of carbonyl (C=O) groups excluding carboxylic acids is 1. The monoisotopic (exact) mass is 549 g/mol. The molecule has 2 atom stereocenters. The van der Waals surface area contributed by atoms with Crippen molar-refractivity contribution in [1.82, 2.24) is 9.78 Å². The number of aromatic nitrogens is 2. The highest BCUT2D eigenvalue weighted by Crippen LogP contribution is 2.44. The highest BCUT2D eigenvalue weighted by molar-refractivity contribution is 9.10. The Balaban J connectivity index is 1.45. The number of anilines is 2. The molecule has 5 rings (SSSR count). The summed E-state index contributed by atoms with van der Waals surface area (Å²) in [5.74, 6) is -0.516. The van der Waals surface area contributed by atoms with E-state index in [2.05, 4.69) is 37.7 Å². The maximum absolute atomic E-state index is 13.9. The topological polar surface area (TPSA) is 82.7 Å². The van der Waals surface area contributed by atoms with Crippen molar-refractivity contribution in [2.75, 3.05) is 10.6 Å². The van der Waals surface area contributed by atoms with Crippen LogP contribution in [-0.2, 0) is 12.8 Å². The van der Waals surface area contributed by atoms with Gasteiger partial charge < -0.3 is 10.6 Å². The molecule has 176 valence electrons. The van der Waals surface area contributed by atoms with Crippen molar-refractivity contribution in [1.29, 1.82) is 5.26 Å². The summed E-state index contributed by atoms with van der Waals surface area (Å²) in [6.45, 7) is 0. The number of nitriles is 1. The van der Waals surface area contributed by atoms with Crippen LogP contribution in [0.25, 0.3) is 0 Å². The Kier molecular flexibility index (Phi) is 5.90. The quantitative estimate of drug-likeness (QED) is 0.397. The minimum Gasteiger partial charge on any atom is -0.363 e. The van der Waals surface area contributed by atoms with E-state index in [-0.39, 0.29) is 17.9 Å². The van der Waals surface area contributed by atoms with Crippen LogP contribution in [0.15, 0.2) is 34.8 Å². The number of amides is 1. The van der Waals surface area contributed by atoms with Gasteiger partial charge in [0, 0.05) is 21.8 Å². The van der Waals surface area contributed by atoms with Gasteiger partial charge in [-0.05, 0) is 48.9 Å². The second-order valence-electron chi connectivity index (χ2n) is 8.38. The van der Waals surface area contributed by atoms with E-state index in [1.807, 2.05) is 0 Å². The molecule has 0 spiro atoms. The molecule has 6 nitrogen and oxygen atoms in total. The first-order valence-electron chi connectivity index (χ1n) is 10.8. The van der Waals surface area contributed by atoms with E-state index in [0.29, 0.717) is 16.1 Å². The van der Waals surface area contributed by atoms with Crippen molar-refractivity contribution in [3.8, 4) is 6.07 Å². The highest BCUT2D eigenvalue weighted by atomic mass is 79.9. The molecule has 1 aliphatic carbocycles. The molecule has 0 radical (unpaired) electrons. The zero-order valence-electron chi connectivity index (χ0n) is 17.7. The van der Waals surface area contributed by atoms with Crippen molar-refractivity contribution in [2.24, 2.45) is 0 Å². The standard InChI is InChI=1S/C23H19BrF3N5OS/c24-13-7-5-12(6-8-13)16-9-19(23(25,26)27)32-20(29-16)10-17(31-32)21(33)30-22-15(11-28)14-3-1-2-4-18(14)34-22/h5-8,10,16,19,29H,1-4,9H2,(H,30,33)/t16-,19+/m0/s1. The van der Waals surface area contributed by atoms with Gasteiger partial charge in [0.05, 0.1) is 11.6 Å². The first-order valence-corrected chi connectivity index (χ1v) is 12.4. The van der Waals surface area contributed by atoms with E-state index < -0.39 is 24.2 Å². The Bertz CT molecular complexity index is 1290. The average molecular weight is 550 g/mol. The molecule has 3 aromatic rings. The normalized spacial score (nSPS) is 19.5. The van der Waals surface area contributed by atoms with Crippen molar-refractivity contribution >= 4 is 44.0 Å². The van der Waals surface area contributed by atoms with Crippen molar-refractivity contribution in [3.05, 3.63) is 62.1 Å². The number of aryl methyl sites for hydroxylation is 1. The molecule has 3 heterocycles. The fraction of sp³-hybridized carbons (Fsp3) is 0.348. The van der Waals surface area contributed by atoms with E-state index in [1.165, 1.54) is 17.4 Å². The second-order valence-corrected chi connectivity index (χ2v) is 10.4. The summed E-state index contributed by atoms with van der Waals surface area (Å²) >= 11 is 4.70. The first-order chi connectivity index (χ1) is 16.2. The summed E-state index contributed by atoms with van der Waals surface area (Å²) in [4.78, 5) is 14.0. The van der Waals surface area contributed by atoms with E-state index in [4.69, 9.17) is 0 Å². The molecule has 0 fully saturated rings. The third-order valence-electron chi connectivity index (χ3n) is 6.21. The molecule has 1 amide bonds. The van der Waals surface area contributed by atoms with Crippen molar-refractivity contribution in [3.63, 3.8) is 0 Å². The number of nitrogens with one attached hydrogen (secondary N) is 2. The van der Waals surface area contributed by atoms with Gasteiger partial charge in [-0.25, -0.2) is 4.68 Å². The van der Waals surface area contributed by atoms with Crippen LogP contribution in [0.1, 0.15) is 63.4 Å². The molecule has 11 heteroatoms. The number of hydrogen-bond acceptors (Lipinski definition) is 5. The summed E-state index contributed by atoms with van der Waals surface area (Å²) in [6.07, 6.45) is -1.12. The van der Waals surface area contributed by atoms with Crippen LogP contribution in [0, 0.1) is 11.3 Å². The smallest absolute Gasteiger partial charge is 0.363 e. The molecule has 2 N–H and O–H groups in total. The van der Waals surface area contributed by atoms with Gasteiger partial charge in [-0.15, -0.1) is 11.3 Å². The third-order valence-corrected chi connectivity index (χ3v) is 7.94. The maximum atomic E-state index is 13.9. The molecule has 2 aliphatic rings. The Morgan fingerprint density at radius 2 is 2.00 bits per heavy atom. The van der Waals surface area contributed by atoms with Crippen LogP contribution in [0.3, 0.4) is 0 Å². The van der Waals surface area contributed by atoms with Gasteiger partial charge in [-0.3, -0.25) is 4.79 Å². The third kappa shape index (κ3) is 4.20. The van der Waals surface area contributed by atoms with Crippen LogP contribution >= 0.6 is 27.3 Å². The summed E-state index contributed by atoms with van der Waals surface area (Å²) in [5, 5.41) is 19.9. The lowest BCUT2D eigenvalue weighted by atomic mass is 9.96. The van der Waals surface area contributed by atoms with E-state index in [0.717, 1.165) is 45.3 Å². The van der Waals surface area contributed by atoms with Crippen LogP contribution in [0.2, 0.25) is 0 Å². The summed E-state index contributed by atoms with van der Waals surface area (Å²) in [6, 6.07) is 8.11. The number of thiophene rings is 1. The number of benzene rings is 1. The lowest BCUT2D eigenvalue weighted by Gasteiger charge is -2.33. The summed E-state index contributed by atoms with van der Waals surface area (Å²) < 4.78 is 43.5. The lowest BCUT2D eigenvalue weighted by Crippen LogP contribution is -2.35. The Labute approximate surface area is 205 Å². The van der Waals surface area contributed by atoms with Crippen molar-refractivity contribution in [2.45, 2.75) is 50.4 Å². The number of fused-ring (bicyclic) bond motifs is 2. The predicted octanol–water partition coefficient (Wildman–Crippen LogP) is 6.37. The minimum absolute atomic E-state index is 0.123. The molecule has 0 unspecified atom stereocenters. The Morgan fingerprint density at radius 3 is 2.71 bits per heavy atom. The van der Waals surface area contributed by atoms with Gasteiger partial charge in [0.1, 0.15) is 16.9 Å². The van der Waals surface area contributed by atoms with Gasteiger partial charge >= 0.3 is 6.18 Å². The number of alkyl halides is 3. The molecule has 0 saturated heterocycles. The van der Waals surface area contributed by atoms with E-state index in [1.54, 1.807) is 24.3 Å². The Hall–Kier alpha value is -2.84. The molecule has 2 aromatic heterocycles. The second kappa shape index (κ2) is 8.74. The molecular formula is C23H19BrF3N5OS. The van der Waals surface area contributed by atoms with E-state index in [9.17, 15) is 23.2 Å². The van der Waals surface area contributed by atoms with Crippen LogP contribution in [-0.4, -0.2) is 21.9 Å². The maximum Gasteiger partial charge on any atom is 0.410 e. The summed E-state index contributed by atoms with van der Waals surface area (Å²) in [5.41, 5.74) is 1.98. The van der Waals surface area contributed by atoms with Gasteiger partial charge in [0.15, 0.2) is 11.7 Å². The number of carbonyl (C=O) groups is 1. The molecule has 1 aliphatic heterocycles. The fourth-order valence-electron chi connectivity index (χ4n) is 4.54. The molecule has 0 saturated carbocycles. The van der Waals surface area contributed by atoms with Gasteiger partial charge in [-0.1, -0.05) is 28.1 Å². The predicted molar refractivity (Wildman–Crippen MR) is 126 cm³/mol.